The highest BCUT2D eigenvalue weighted by molar-refractivity contribution is 7.89. The van der Waals surface area contributed by atoms with Crippen LogP contribution in [0.5, 0.6) is 0 Å². The highest BCUT2D eigenvalue weighted by Crippen LogP contribution is 2.18. The Morgan fingerprint density at radius 1 is 1.19 bits per heavy atom. The topological polar surface area (TPSA) is 92.8 Å². The number of amides is 1. The number of benzene rings is 1. The summed E-state index contributed by atoms with van der Waals surface area (Å²) in [4.78, 5) is 23.7. The fraction of sp³-hybridized carbons (Fsp3) is 0.529. The summed E-state index contributed by atoms with van der Waals surface area (Å²) in [5, 5.41) is 3.24. The molecule has 0 unspecified atom stereocenters. The largest absolute Gasteiger partial charge is 0.455 e. The summed E-state index contributed by atoms with van der Waals surface area (Å²) < 4.78 is 30.5. The van der Waals surface area contributed by atoms with Crippen LogP contribution in [0.2, 0.25) is 5.02 Å². The van der Waals surface area contributed by atoms with Gasteiger partial charge in [0.15, 0.2) is 6.61 Å². The number of likely N-dealkylation sites (N-methyl/N-ethyl adjacent to an activating group) is 1. The van der Waals surface area contributed by atoms with Crippen LogP contribution in [0.3, 0.4) is 0 Å². The quantitative estimate of drug-likeness (QED) is 0.703. The summed E-state index contributed by atoms with van der Waals surface area (Å²) in [5.74, 6) is -1.16. The zero-order valence-electron chi connectivity index (χ0n) is 14.6. The van der Waals surface area contributed by atoms with Gasteiger partial charge in [-0.05, 0) is 37.1 Å². The average Bonchev–Trinajstić information content (AvgIpc) is 2.61. The first-order chi connectivity index (χ1) is 12.3. The van der Waals surface area contributed by atoms with Gasteiger partial charge in [0.05, 0.1) is 4.90 Å². The van der Waals surface area contributed by atoms with Crippen molar-refractivity contribution in [1.82, 2.24) is 9.62 Å². The highest BCUT2D eigenvalue weighted by Gasteiger charge is 2.24. The molecule has 0 radical (unpaired) electrons. The molecule has 0 atom stereocenters. The number of esters is 1. The number of sulfonamides is 1. The molecule has 1 N–H and O–H groups in total. The van der Waals surface area contributed by atoms with Crippen molar-refractivity contribution in [2.45, 2.75) is 43.0 Å². The first-order valence-electron chi connectivity index (χ1n) is 8.46. The fourth-order valence-electron chi connectivity index (χ4n) is 2.76. The van der Waals surface area contributed by atoms with E-state index in [1.54, 1.807) is 0 Å². The van der Waals surface area contributed by atoms with Crippen molar-refractivity contribution in [1.29, 1.82) is 0 Å². The molecule has 1 saturated carbocycles. The lowest BCUT2D eigenvalue weighted by atomic mass is 9.95. The lowest BCUT2D eigenvalue weighted by Crippen LogP contribution is -2.40. The van der Waals surface area contributed by atoms with E-state index in [9.17, 15) is 18.0 Å². The third kappa shape index (κ3) is 5.96. The number of halogens is 1. The molecule has 1 aliphatic rings. The van der Waals surface area contributed by atoms with Crippen molar-refractivity contribution >= 4 is 33.5 Å². The van der Waals surface area contributed by atoms with Gasteiger partial charge in [-0.2, -0.15) is 4.31 Å². The van der Waals surface area contributed by atoms with Gasteiger partial charge in [0.25, 0.3) is 5.91 Å². The van der Waals surface area contributed by atoms with E-state index in [0.29, 0.717) is 5.02 Å². The minimum absolute atomic E-state index is 0.0206. The van der Waals surface area contributed by atoms with Crippen LogP contribution in [-0.2, 0) is 24.3 Å². The maximum absolute atomic E-state index is 12.4. The van der Waals surface area contributed by atoms with E-state index >= 15 is 0 Å². The van der Waals surface area contributed by atoms with Crippen molar-refractivity contribution in [3.63, 3.8) is 0 Å². The summed E-state index contributed by atoms with van der Waals surface area (Å²) in [6.07, 6.45) is 5.20. The summed E-state index contributed by atoms with van der Waals surface area (Å²) in [7, 11) is -2.57. The normalized spacial score (nSPS) is 15.7. The van der Waals surface area contributed by atoms with Gasteiger partial charge in [0.2, 0.25) is 10.0 Å². The molecule has 0 spiro atoms. The van der Waals surface area contributed by atoms with E-state index in [2.05, 4.69) is 5.32 Å². The Morgan fingerprint density at radius 3 is 2.42 bits per heavy atom. The Labute approximate surface area is 158 Å². The van der Waals surface area contributed by atoms with E-state index in [-0.39, 0.29) is 16.8 Å². The van der Waals surface area contributed by atoms with Crippen molar-refractivity contribution < 1.29 is 22.7 Å². The van der Waals surface area contributed by atoms with Crippen LogP contribution in [0.1, 0.15) is 32.1 Å². The zero-order valence-corrected chi connectivity index (χ0v) is 16.2. The Hall–Kier alpha value is -1.64. The third-order valence-corrected chi connectivity index (χ3v) is 6.28. The van der Waals surface area contributed by atoms with Crippen LogP contribution in [0.4, 0.5) is 0 Å². The van der Waals surface area contributed by atoms with Crippen LogP contribution >= 0.6 is 11.6 Å². The van der Waals surface area contributed by atoms with Crippen LogP contribution in [0.15, 0.2) is 29.2 Å². The fourth-order valence-corrected chi connectivity index (χ4v) is 4.00. The molecule has 1 aromatic rings. The molecule has 0 aliphatic heterocycles. The van der Waals surface area contributed by atoms with Gasteiger partial charge >= 0.3 is 5.97 Å². The molecule has 26 heavy (non-hydrogen) atoms. The molecule has 0 saturated heterocycles. The first kappa shape index (κ1) is 20.7. The molecule has 1 amide bonds. The SMILES string of the molecule is CN(CC(=O)OCC(=O)NC1CCCCC1)S(=O)(=O)c1ccc(Cl)cc1. The predicted molar refractivity (Wildman–Crippen MR) is 97.2 cm³/mol. The zero-order chi connectivity index (χ0) is 19.2. The van der Waals surface area contributed by atoms with Crippen LogP contribution in [-0.4, -0.2) is 50.8 Å². The minimum Gasteiger partial charge on any atom is -0.455 e. The standard InChI is InChI=1S/C17H23ClN2O5S/c1-20(26(23,24)15-9-7-13(18)8-10-15)11-17(22)25-12-16(21)19-14-5-3-2-4-6-14/h7-10,14H,2-6,11-12H2,1H3,(H,19,21). The average molecular weight is 403 g/mol. The number of hydrogen-bond acceptors (Lipinski definition) is 5. The number of carbonyl (C=O) groups is 2. The van der Waals surface area contributed by atoms with Crippen LogP contribution < -0.4 is 5.32 Å². The molecule has 7 nitrogen and oxygen atoms in total. The summed E-state index contributed by atoms with van der Waals surface area (Å²) in [5.41, 5.74) is 0. The maximum atomic E-state index is 12.4. The van der Waals surface area contributed by atoms with Gasteiger partial charge in [0.1, 0.15) is 6.54 Å². The second-order valence-electron chi connectivity index (χ2n) is 6.28. The monoisotopic (exact) mass is 402 g/mol. The molecule has 0 heterocycles. The van der Waals surface area contributed by atoms with Crippen molar-refractivity contribution in [2.75, 3.05) is 20.2 Å². The molecular formula is C17H23ClN2O5S. The Balaban J connectivity index is 1.80. The second kappa shape index (κ2) is 9.34. The van der Waals surface area contributed by atoms with Crippen molar-refractivity contribution in [3.8, 4) is 0 Å². The van der Waals surface area contributed by atoms with Gasteiger partial charge < -0.3 is 10.1 Å². The lowest BCUT2D eigenvalue weighted by molar-refractivity contribution is -0.148. The molecule has 0 aromatic heterocycles. The highest BCUT2D eigenvalue weighted by atomic mass is 35.5. The van der Waals surface area contributed by atoms with E-state index in [1.165, 1.54) is 37.7 Å². The molecular weight excluding hydrogens is 380 g/mol. The number of ether oxygens (including phenoxy) is 1. The molecule has 144 valence electrons. The van der Waals surface area contributed by atoms with Gasteiger partial charge in [-0.1, -0.05) is 30.9 Å². The smallest absolute Gasteiger partial charge is 0.321 e. The number of rotatable bonds is 7. The van der Waals surface area contributed by atoms with E-state index < -0.39 is 29.1 Å². The number of nitrogens with zero attached hydrogens (tertiary/aromatic N) is 1. The first-order valence-corrected chi connectivity index (χ1v) is 10.3. The molecule has 2 rings (SSSR count). The summed E-state index contributed by atoms with van der Waals surface area (Å²) in [6.45, 7) is -0.897. The van der Waals surface area contributed by atoms with Crippen molar-refractivity contribution in [2.24, 2.45) is 0 Å². The number of carbonyl (C=O) groups excluding carboxylic acids is 2. The minimum atomic E-state index is -3.84. The molecule has 9 heteroatoms. The second-order valence-corrected chi connectivity index (χ2v) is 8.76. The predicted octanol–water partition coefficient (Wildman–Crippen LogP) is 1.95. The lowest BCUT2D eigenvalue weighted by Gasteiger charge is -2.22. The summed E-state index contributed by atoms with van der Waals surface area (Å²) >= 11 is 5.75. The maximum Gasteiger partial charge on any atom is 0.321 e. The molecule has 1 aromatic carbocycles. The van der Waals surface area contributed by atoms with E-state index in [4.69, 9.17) is 16.3 Å². The van der Waals surface area contributed by atoms with Gasteiger partial charge in [0, 0.05) is 18.1 Å². The summed E-state index contributed by atoms with van der Waals surface area (Å²) in [6, 6.07) is 5.75. The Kier molecular flexibility index (Phi) is 7.43. The molecule has 1 aliphatic carbocycles. The van der Waals surface area contributed by atoms with Gasteiger partial charge in [-0.25, -0.2) is 8.42 Å². The van der Waals surface area contributed by atoms with Crippen molar-refractivity contribution in [3.05, 3.63) is 29.3 Å². The van der Waals surface area contributed by atoms with Crippen LogP contribution in [0, 0.1) is 0 Å². The number of hydrogen-bond donors (Lipinski definition) is 1. The van der Waals surface area contributed by atoms with Crippen LogP contribution in [0.25, 0.3) is 0 Å². The third-order valence-electron chi connectivity index (χ3n) is 4.21. The Morgan fingerprint density at radius 2 is 1.81 bits per heavy atom. The molecule has 1 fully saturated rings. The van der Waals surface area contributed by atoms with Gasteiger partial charge in [-0.3, -0.25) is 9.59 Å². The van der Waals surface area contributed by atoms with Gasteiger partial charge in [-0.15, -0.1) is 0 Å². The van der Waals surface area contributed by atoms with E-state index in [1.807, 2.05) is 0 Å². The van der Waals surface area contributed by atoms with E-state index in [0.717, 1.165) is 30.0 Å². The number of nitrogens with one attached hydrogen (secondary N) is 1. The Bertz CT molecular complexity index is 730. The molecule has 0 bridgehead atoms.